The fourth-order valence-electron chi connectivity index (χ4n) is 2.78. The van der Waals surface area contributed by atoms with Crippen molar-refractivity contribution in [2.45, 2.75) is 42.8 Å². The van der Waals surface area contributed by atoms with Crippen molar-refractivity contribution >= 4 is 15.2 Å². The number of nitrogens with two attached hydrogens (primary N) is 1. The molecule has 2 rings (SSSR count). The lowest BCUT2D eigenvalue weighted by Crippen LogP contribution is -2.34. The minimum absolute atomic E-state index is 0.140. The lowest BCUT2D eigenvalue weighted by molar-refractivity contribution is -0.0452. The van der Waals surface area contributed by atoms with Gasteiger partial charge in [0, 0.05) is 12.8 Å². The van der Waals surface area contributed by atoms with Crippen molar-refractivity contribution < 1.29 is 47.7 Å². The minimum atomic E-state index is -5.55. The fraction of sp³-hybridized carbons (Fsp3) is 0.692. The summed E-state index contributed by atoms with van der Waals surface area (Å²) < 4.78 is 48.0. The molecule has 1 aliphatic heterocycles. The predicted molar refractivity (Wildman–Crippen MR) is 96.9 cm³/mol. The molecule has 8 N–H and O–H groups in total. The lowest BCUT2D eigenvalue weighted by Gasteiger charge is -2.32. The smallest absolute Gasteiger partial charge is 0.372 e. The predicted octanol–water partition coefficient (Wildman–Crippen LogP) is -1.91. The summed E-state index contributed by atoms with van der Waals surface area (Å²) in [6, 6.07) is 0. The van der Waals surface area contributed by atoms with Crippen molar-refractivity contribution in [1.82, 2.24) is 9.55 Å². The summed E-state index contributed by atoms with van der Waals surface area (Å²) in [6.45, 7) is -1.05. The number of aliphatic hydroxyl groups excluding tert-OH is 1. The molecule has 1 aromatic rings. The summed E-state index contributed by atoms with van der Waals surface area (Å²) in [6.07, 6.45) is -4.85. The first-order chi connectivity index (χ1) is 13.7. The second-order valence-electron chi connectivity index (χ2n) is 6.60. The molecule has 14 nitrogen and oxygen atoms in total. The van der Waals surface area contributed by atoms with Crippen LogP contribution in [0.3, 0.4) is 0 Å². The van der Waals surface area contributed by atoms with E-state index in [-0.39, 0.29) is 19.4 Å². The Balaban J connectivity index is 2.16. The van der Waals surface area contributed by atoms with Crippen LogP contribution in [0, 0.1) is 5.82 Å². The van der Waals surface area contributed by atoms with Gasteiger partial charge in [0.05, 0.1) is 18.9 Å². The van der Waals surface area contributed by atoms with Gasteiger partial charge in [-0.25, -0.2) is 4.79 Å². The van der Waals surface area contributed by atoms with E-state index in [0.29, 0.717) is 10.8 Å². The Labute approximate surface area is 167 Å². The Morgan fingerprint density at radius 2 is 2.00 bits per heavy atom. The molecule has 2 heterocycles. The van der Waals surface area contributed by atoms with Gasteiger partial charge in [0.15, 0.2) is 0 Å². The Morgan fingerprint density at radius 3 is 2.57 bits per heavy atom. The summed E-state index contributed by atoms with van der Waals surface area (Å²) in [4.78, 5) is 53.3. The second-order valence-corrected chi connectivity index (χ2v) is 10.8. The number of aromatic amines is 1. The van der Waals surface area contributed by atoms with E-state index in [9.17, 15) is 48.0 Å². The number of aromatic nitrogens is 2. The van der Waals surface area contributed by atoms with Gasteiger partial charge < -0.3 is 39.9 Å². The van der Waals surface area contributed by atoms with Crippen LogP contribution in [0.25, 0.3) is 0 Å². The monoisotopic (exact) mass is 477 g/mol. The third kappa shape index (κ3) is 4.97. The zero-order valence-corrected chi connectivity index (χ0v) is 17.1. The molecule has 30 heavy (non-hydrogen) atoms. The second kappa shape index (κ2) is 9.09. The van der Waals surface area contributed by atoms with Gasteiger partial charge in [-0.2, -0.15) is 4.39 Å². The zero-order valence-electron chi connectivity index (χ0n) is 15.3. The molecule has 0 aromatic carbocycles. The van der Waals surface area contributed by atoms with E-state index < -0.39 is 68.8 Å². The quantitative estimate of drug-likeness (QED) is 0.193. The molecular weight excluding hydrogens is 455 g/mol. The van der Waals surface area contributed by atoms with Gasteiger partial charge in [-0.1, -0.05) is 0 Å². The average molecular weight is 477 g/mol. The van der Waals surface area contributed by atoms with Crippen LogP contribution in [-0.4, -0.2) is 64.9 Å². The van der Waals surface area contributed by atoms with E-state index in [1.807, 2.05) is 0 Å². The average Bonchev–Trinajstić information content (AvgIpc) is 3.00. The Kier molecular flexibility index (Phi) is 7.58. The third-order valence-corrected chi connectivity index (χ3v) is 8.81. The molecule has 0 aliphatic carbocycles. The van der Waals surface area contributed by atoms with Crippen molar-refractivity contribution in [3.63, 3.8) is 0 Å². The molecule has 1 fully saturated rings. The first-order valence-corrected chi connectivity index (χ1v) is 11.7. The molecule has 0 radical (unpaired) electrons. The standard InChI is InChI=1S/C13H22FN3O11P2/c14-7-5-17(12(20)16-11(7)19)10-4-8(18)9(28-10)6-27-30(25,26)13(21,2-1-3-15)29(22,23)24/h5,8-10,18,21H,1-4,6,15H2,(H,25,26)(H,16,19,20)(H2,22,23,24)/t8-,9+,10+,13?/m0/s1. The number of rotatable bonds is 9. The van der Waals surface area contributed by atoms with E-state index in [1.54, 1.807) is 4.98 Å². The summed E-state index contributed by atoms with van der Waals surface area (Å²) in [5.41, 5.74) is 2.92. The molecule has 0 amide bonds. The number of halogens is 1. The third-order valence-electron chi connectivity index (χ3n) is 4.49. The molecular formula is C13H22FN3O11P2. The fourth-order valence-corrected chi connectivity index (χ4v) is 5.72. The maximum absolute atomic E-state index is 13.4. The van der Waals surface area contributed by atoms with E-state index in [2.05, 4.69) is 4.52 Å². The van der Waals surface area contributed by atoms with Crippen molar-refractivity contribution in [3.05, 3.63) is 32.9 Å². The van der Waals surface area contributed by atoms with Crippen LogP contribution >= 0.6 is 15.2 Å². The van der Waals surface area contributed by atoms with Crippen LogP contribution in [0.5, 0.6) is 0 Å². The van der Waals surface area contributed by atoms with Gasteiger partial charge in [0.1, 0.15) is 12.3 Å². The van der Waals surface area contributed by atoms with Crippen LogP contribution in [0.1, 0.15) is 25.5 Å². The summed E-state index contributed by atoms with van der Waals surface area (Å²) in [5.74, 6) is -1.29. The molecule has 172 valence electrons. The zero-order chi connectivity index (χ0) is 22.9. The highest BCUT2D eigenvalue weighted by molar-refractivity contribution is 7.72. The molecule has 2 unspecified atom stereocenters. The van der Waals surface area contributed by atoms with Gasteiger partial charge in [-0.05, 0) is 13.0 Å². The maximum atomic E-state index is 13.4. The number of H-pyrrole nitrogens is 1. The number of nitrogens with zero attached hydrogens (tertiary/aromatic N) is 1. The van der Waals surface area contributed by atoms with Crippen molar-refractivity contribution in [2.75, 3.05) is 13.2 Å². The molecule has 1 aromatic heterocycles. The molecule has 0 saturated carbocycles. The molecule has 1 saturated heterocycles. The Morgan fingerprint density at radius 1 is 1.37 bits per heavy atom. The molecule has 1 aliphatic rings. The molecule has 0 spiro atoms. The summed E-state index contributed by atoms with van der Waals surface area (Å²) in [5, 5.41) is 16.8. The topological polar surface area (TPSA) is 235 Å². The van der Waals surface area contributed by atoms with Gasteiger partial charge >= 0.3 is 20.9 Å². The van der Waals surface area contributed by atoms with Gasteiger partial charge in [0.25, 0.3) is 10.6 Å². The van der Waals surface area contributed by atoms with E-state index in [4.69, 9.17) is 10.5 Å². The SMILES string of the molecule is NCCCC(O)(P(=O)(O)O)P(=O)(O)OC[C@H]1O[C@@H](n2cc(F)c(=O)[nH]c2=O)C[C@@H]1O. The van der Waals surface area contributed by atoms with Gasteiger partial charge in [0.2, 0.25) is 5.82 Å². The highest BCUT2D eigenvalue weighted by atomic mass is 31.2. The van der Waals surface area contributed by atoms with Crippen LogP contribution in [0.15, 0.2) is 15.8 Å². The highest BCUT2D eigenvalue weighted by Gasteiger charge is 2.60. The first kappa shape index (κ1) is 25.0. The molecule has 5 atom stereocenters. The van der Waals surface area contributed by atoms with E-state index in [1.165, 1.54) is 0 Å². The van der Waals surface area contributed by atoms with Crippen molar-refractivity contribution in [3.8, 4) is 0 Å². The molecule has 0 bridgehead atoms. The Bertz CT molecular complexity index is 978. The van der Waals surface area contributed by atoms with Crippen molar-refractivity contribution in [2.24, 2.45) is 5.73 Å². The minimum Gasteiger partial charge on any atom is -0.390 e. The molecule has 17 heteroatoms. The number of aliphatic hydroxyl groups is 2. The van der Waals surface area contributed by atoms with Crippen molar-refractivity contribution in [1.29, 1.82) is 0 Å². The van der Waals surface area contributed by atoms with E-state index in [0.717, 1.165) is 0 Å². The van der Waals surface area contributed by atoms with E-state index >= 15 is 0 Å². The van der Waals surface area contributed by atoms with Gasteiger partial charge in [-0.15, -0.1) is 0 Å². The first-order valence-electron chi connectivity index (χ1n) is 8.53. The van der Waals surface area contributed by atoms with Gasteiger partial charge in [-0.3, -0.25) is 23.5 Å². The summed E-state index contributed by atoms with van der Waals surface area (Å²) in [7, 11) is -10.9. The summed E-state index contributed by atoms with van der Waals surface area (Å²) >= 11 is 0. The lowest BCUT2D eigenvalue weighted by atomic mass is 10.2. The number of ether oxygens (including phenoxy) is 1. The highest BCUT2D eigenvalue weighted by Crippen LogP contribution is 2.71. The maximum Gasteiger partial charge on any atom is 0.372 e. The largest absolute Gasteiger partial charge is 0.390 e. The number of hydrogen-bond acceptors (Lipinski definition) is 9. The van der Waals surface area contributed by atoms with Crippen LogP contribution in [0.2, 0.25) is 0 Å². The van der Waals surface area contributed by atoms with Crippen LogP contribution in [0.4, 0.5) is 4.39 Å². The van der Waals surface area contributed by atoms with Crippen LogP contribution < -0.4 is 17.0 Å². The van der Waals surface area contributed by atoms with Crippen LogP contribution in [-0.2, 0) is 18.4 Å². The Hall–Kier alpha value is -1.25. The number of nitrogens with one attached hydrogen (secondary N) is 1. The number of hydrogen-bond donors (Lipinski definition) is 7. The normalized spacial score (nSPS) is 26.3.